The van der Waals surface area contributed by atoms with Crippen LogP contribution in [0.5, 0.6) is 5.75 Å². The molecule has 2 aromatic rings. The number of nitrogens with one attached hydrogen (secondary N) is 1. The van der Waals surface area contributed by atoms with Crippen molar-refractivity contribution >= 4 is 10.9 Å². The molecule has 1 heterocycles. The van der Waals surface area contributed by atoms with Gasteiger partial charge < -0.3 is 14.6 Å². The van der Waals surface area contributed by atoms with Gasteiger partial charge in [0, 0.05) is 36.7 Å². The Balaban J connectivity index is 2.17. The van der Waals surface area contributed by atoms with Gasteiger partial charge in [0.2, 0.25) is 0 Å². The van der Waals surface area contributed by atoms with Crippen LogP contribution < -0.4 is 10.1 Å². The molecule has 1 atom stereocenters. The zero-order valence-electron chi connectivity index (χ0n) is 11.3. The first-order valence-corrected chi connectivity index (χ1v) is 6.56. The van der Waals surface area contributed by atoms with Gasteiger partial charge in [0.25, 0.3) is 0 Å². The minimum atomic E-state index is 0.613. The summed E-state index contributed by atoms with van der Waals surface area (Å²) >= 11 is 0. The van der Waals surface area contributed by atoms with Crippen LogP contribution in [-0.4, -0.2) is 24.8 Å². The Bertz CT molecular complexity index is 586. The highest BCUT2D eigenvalue weighted by atomic mass is 16.5. The van der Waals surface area contributed by atoms with Crippen molar-refractivity contribution in [3.05, 3.63) is 29.5 Å². The summed E-state index contributed by atoms with van der Waals surface area (Å²) in [5, 5.41) is 4.79. The Kier molecular flexibility index (Phi) is 2.78. The fourth-order valence-corrected chi connectivity index (χ4v) is 3.11. The summed E-state index contributed by atoms with van der Waals surface area (Å²) in [7, 11) is 5.95. The van der Waals surface area contributed by atoms with Crippen LogP contribution in [0.2, 0.25) is 0 Å². The van der Waals surface area contributed by atoms with Gasteiger partial charge in [0.15, 0.2) is 0 Å². The lowest BCUT2D eigenvalue weighted by molar-refractivity contribution is 0.415. The van der Waals surface area contributed by atoms with Gasteiger partial charge in [-0.05, 0) is 37.6 Å². The molecule has 3 rings (SSSR count). The van der Waals surface area contributed by atoms with Crippen LogP contribution in [0.3, 0.4) is 0 Å². The van der Waals surface area contributed by atoms with Gasteiger partial charge in [-0.25, -0.2) is 0 Å². The molecular weight excluding hydrogens is 224 g/mol. The molecule has 1 aliphatic carbocycles. The van der Waals surface area contributed by atoms with Crippen molar-refractivity contribution in [2.24, 2.45) is 7.05 Å². The van der Waals surface area contributed by atoms with Crippen LogP contribution in [0, 0.1) is 0 Å². The average molecular weight is 244 g/mol. The molecule has 0 saturated carbocycles. The number of benzene rings is 1. The third-order valence-corrected chi connectivity index (χ3v) is 4.24. The first-order valence-electron chi connectivity index (χ1n) is 6.56. The van der Waals surface area contributed by atoms with Crippen molar-refractivity contribution in [3.8, 4) is 5.75 Å². The Hall–Kier alpha value is -1.48. The van der Waals surface area contributed by atoms with Crippen molar-refractivity contribution in [1.82, 2.24) is 9.88 Å². The number of hydrogen-bond donors (Lipinski definition) is 1. The Morgan fingerprint density at radius 3 is 2.94 bits per heavy atom. The molecule has 1 unspecified atom stereocenters. The molecule has 1 N–H and O–H groups in total. The minimum absolute atomic E-state index is 0.613. The first-order chi connectivity index (χ1) is 8.74. The predicted molar refractivity (Wildman–Crippen MR) is 74.3 cm³/mol. The number of ether oxygens (including phenoxy) is 1. The van der Waals surface area contributed by atoms with Crippen LogP contribution in [0.25, 0.3) is 10.9 Å². The summed E-state index contributed by atoms with van der Waals surface area (Å²) in [5.74, 6) is 0.936. The number of rotatable bonds is 2. The van der Waals surface area contributed by atoms with Gasteiger partial charge in [-0.2, -0.15) is 0 Å². The van der Waals surface area contributed by atoms with Crippen LogP contribution in [0.1, 0.15) is 17.7 Å². The molecule has 0 saturated heterocycles. The Morgan fingerprint density at radius 1 is 1.39 bits per heavy atom. The highest BCUT2D eigenvalue weighted by Gasteiger charge is 2.23. The maximum absolute atomic E-state index is 5.33. The number of nitrogens with zero attached hydrogens (tertiary/aromatic N) is 1. The molecule has 0 fully saturated rings. The fourth-order valence-electron chi connectivity index (χ4n) is 3.11. The topological polar surface area (TPSA) is 26.2 Å². The van der Waals surface area contributed by atoms with Crippen LogP contribution in [0.15, 0.2) is 18.2 Å². The van der Waals surface area contributed by atoms with Crippen molar-refractivity contribution in [2.45, 2.75) is 25.3 Å². The van der Waals surface area contributed by atoms with E-state index in [1.165, 1.54) is 35.0 Å². The average Bonchev–Trinajstić information content (AvgIpc) is 2.71. The van der Waals surface area contributed by atoms with Gasteiger partial charge in [0.05, 0.1) is 12.6 Å². The molecule has 1 aromatic heterocycles. The number of methoxy groups -OCH3 is 1. The standard InChI is InChI=1S/C15H20N2O/c1-16-10-4-6-12-13-7-5-11(18-3)9-15(13)17(2)14(12)8-10/h5,7,9-10,16H,4,6,8H2,1-3H3. The minimum Gasteiger partial charge on any atom is -0.497 e. The van der Waals surface area contributed by atoms with Crippen molar-refractivity contribution in [3.63, 3.8) is 0 Å². The second kappa shape index (κ2) is 4.32. The fraction of sp³-hybridized carbons (Fsp3) is 0.467. The molecular formula is C15H20N2O. The summed E-state index contributed by atoms with van der Waals surface area (Å²) in [5.41, 5.74) is 4.29. The summed E-state index contributed by atoms with van der Waals surface area (Å²) in [6.45, 7) is 0. The zero-order valence-corrected chi connectivity index (χ0v) is 11.3. The van der Waals surface area contributed by atoms with Crippen LogP contribution in [-0.2, 0) is 19.9 Å². The van der Waals surface area contributed by atoms with E-state index in [9.17, 15) is 0 Å². The molecule has 18 heavy (non-hydrogen) atoms. The molecule has 1 aromatic carbocycles. The maximum atomic E-state index is 5.33. The molecule has 0 amide bonds. The lowest BCUT2D eigenvalue weighted by atomic mass is 9.92. The number of hydrogen-bond acceptors (Lipinski definition) is 2. The van der Waals surface area contributed by atoms with Crippen LogP contribution in [0.4, 0.5) is 0 Å². The number of fused-ring (bicyclic) bond motifs is 3. The quantitative estimate of drug-likeness (QED) is 0.877. The van der Waals surface area contributed by atoms with E-state index in [0.29, 0.717) is 6.04 Å². The monoisotopic (exact) mass is 244 g/mol. The Labute approximate surface area is 108 Å². The van der Waals surface area contributed by atoms with E-state index in [4.69, 9.17) is 4.74 Å². The SMILES string of the molecule is CNC1CCc2c(n(C)c3cc(OC)ccc23)C1. The first kappa shape index (κ1) is 11.6. The number of aromatic nitrogens is 1. The number of likely N-dealkylation sites (N-methyl/N-ethyl adjacent to an activating group) is 1. The normalized spacial score (nSPS) is 18.9. The van der Waals surface area contributed by atoms with E-state index in [1.807, 2.05) is 0 Å². The van der Waals surface area contributed by atoms with E-state index in [2.05, 4.69) is 42.2 Å². The van der Waals surface area contributed by atoms with Gasteiger partial charge in [-0.15, -0.1) is 0 Å². The Morgan fingerprint density at radius 2 is 2.22 bits per heavy atom. The number of aryl methyl sites for hydroxylation is 2. The zero-order chi connectivity index (χ0) is 12.7. The molecule has 0 bridgehead atoms. The second-order valence-electron chi connectivity index (χ2n) is 5.10. The van der Waals surface area contributed by atoms with Gasteiger partial charge in [0.1, 0.15) is 5.75 Å². The molecule has 0 radical (unpaired) electrons. The summed E-state index contributed by atoms with van der Waals surface area (Å²) in [4.78, 5) is 0. The summed E-state index contributed by atoms with van der Waals surface area (Å²) in [6.07, 6.45) is 3.53. The highest BCUT2D eigenvalue weighted by molar-refractivity contribution is 5.87. The third kappa shape index (κ3) is 1.62. The summed E-state index contributed by atoms with van der Waals surface area (Å²) < 4.78 is 7.66. The lowest BCUT2D eigenvalue weighted by Gasteiger charge is -2.23. The highest BCUT2D eigenvalue weighted by Crippen LogP contribution is 2.33. The van der Waals surface area contributed by atoms with E-state index >= 15 is 0 Å². The third-order valence-electron chi connectivity index (χ3n) is 4.24. The summed E-state index contributed by atoms with van der Waals surface area (Å²) in [6, 6.07) is 7.02. The van der Waals surface area contributed by atoms with Crippen molar-refractivity contribution in [2.75, 3.05) is 14.2 Å². The van der Waals surface area contributed by atoms with E-state index in [1.54, 1.807) is 7.11 Å². The molecule has 0 aliphatic heterocycles. The molecule has 1 aliphatic rings. The van der Waals surface area contributed by atoms with Crippen molar-refractivity contribution < 1.29 is 4.74 Å². The maximum Gasteiger partial charge on any atom is 0.120 e. The molecule has 96 valence electrons. The lowest BCUT2D eigenvalue weighted by Crippen LogP contribution is -2.32. The molecule has 3 heteroatoms. The van der Waals surface area contributed by atoms with Gasteiger partial charge >= 0.3 is 0 Å². The smallest absolute Gasteiger partial charge is 0.120 e. The van der Waals surface area contributed by atoms with Crippen molar-refractivity contribution in [1.29, 1.82) is 0 Å². The largest absolute Gasteiger partial charge is 0.497 e. The molecule has 0 spiro atoms. The van der Waals surface area contributed by atoms with E-state index in [-0.39, 0.29) is 0 Å². The molecule has 3 nitrogen and oxygen atoms in total. The van der Waals surface area contributed by atoms with Gasteiger partial charge in [-0.3, -0.25) is 0 Å². The second-order valence-corrected chi connectivity index (χ2v) is 5.10. The predicted octanol–water partition coefficient (Wildman–Crippen LogP) is 2.26. The van der Waals surface area contributed by atoms with E-state index in [0.717, 1.165) is 12.2 Å². The van der Waals surface area contributed by atoms with Gasteiger partial charge in [-0.1, -0.05) is 0 Å². The van der Waals surface area contributed by atoms with Crippen LogP contribution >= 0.6 is 0 Å². The van der Waals surface area contributed by atoms with E-state index < -0.39 is 0 Å².